The smallest absolute Gasteiger partial charge is 0.406 e. The van der Waals surface area contributed by atoms with Gasteiger partial charge in [-0.3, -0.25) is 0 Å². The first kappa shape index (κ1) is 14.7. The summed E-state index contributed by atoms with van der Waals surface area (Å²) in [6, 6.07) is 7.65. The minimum absolute atomic E-state index is 0.301. The lowest BCUT2D eigenvalue weighted by Gasteiger charge is -2.33. The maximum Gasteiger partial charge on any atom is 0.573 e. The van der Waals surface area contributed by atoms with Gasteiger partial charge in [0, 0.05) is 0 Å². The summed E-state index contributed by atoms with van der Waals surface area (Å²) in [5.74, 6) is -0.301. The van der Waals surface area contributed by atoms with Crippen LogP contribution in [0.3, 0.4) is 0 Å². The molecule has 0 saturated heterocycles. The average Bonchev–Trinajstić information content (AvgIpc) is 2.39. The van der Waals surface area contributed by atoms with Gasteiger partial charge in [-0.25, -0.2) is 0 Å². The second-order valence-corrected chi connectivity index (χ2v) is 5.00. The van der Waals surface area contributed by atoms with Gasteiger partial charge >= 0.3 is 6.36 Å². The van der Waals surface area contributed by atoms with E-state index >= 15 is 0 Å². The number of ether oxygens (including phenoxy) is 1. The molecule has 1 aromatic rings. The number of aliphatic hydroxyl groups excluding tert-OH is 1. The number of hydrogen-bond donors (Lipinski definition) is 1. The van der Waals surface area contributed by atoms with Crippen LogP contribution in [0.15, 0.2) is 24.3 Å². The van der Waals surface area contributed by atoms with E-state index in [0.29, 0.717) is 31.2 Å². The van der Waals surface area contributed by atoms with Gasteiger partial charge in [-0.2, -0.15) is 5.26 Å². The molecular weight excluding hydrogens is 271 g/mol. The number of alkyl halides is 3. The van der Waals surface area contributed by atoms with Crippen LogP contribution in [0, 0.1) is 11.3 Å². The lowest BCUT2D eigenvalue weighted by atomic mass is 9.70. The second kappa shape index (κ2) is 5.33. The predicted octanol–water partition coefficient (Wildman–Crippen LogP) is 3.28. The number of benzene rings is 1. The van der Waals surface area contributed by atoms with Crippen molar-refractivity contribution in [3.05, 3.63) is 29.8 Å². The molecule has 6 heteroatoms. The maximum absolute atomic E-state index is 12.1. The monoisotopic (exact) mass is 285 g/mol. The molecule has 20 heavy (non-hydrogen) atoms. The van der Waals surface area contributed by atoms with Gasteiger partial charge in [0.1, 0.15) is 5.75 Å². The number of nitriles is 1. The van der Waals surface area contributed by atoms with Crippen LogP contribution in [-0.4, -0.2) is 17.6 Å². The van der Waals surface area contributed by atoms with Crippen LogP contribution in [0.2, 0.25) is 0 Å². The fourth-order valence-corrected chi connectivity index (χ4v) is 2.54. The number of hydrogen-bond acceptors (Lipinski definition) is 3. The van der Waals surface area contributed by atoms with E-state index < -0.39 is 17.9 Å². The van der Waals surface area contributed by atoms with E-state index in [-0.39, 0.29) is 5.75 Å². The zero-order valence-electron chi connectivity index (χ0n) is 10.7. The van der Waals surface area contributed by atoms with E-state index in [1.165, 1.54) is 24.3 Å². The van der Waals surface area contributed by atoms with Crippen molar-refractivity contribution in [1.82, 2.24) is 0 Å². The topological polar surface area (TPSA) is 53.2 Å². The molecule has 1 N–H and O–H groups in total. The van der Waals surface area contributed by atoms with Crippen molar-refractivity contribution in [2.75, 3.05) is 0 Å². The van der Waals surface area contributed by atoms with Crippen LogP contribution in [0.5, 0.6) is 5.75 Å². The molecule has 0 unspecified atom stereocenters. The lowest BCUT2D eigenvalue weighted by Crippen LogP contribution is -2.32. The molecule has 0 amide bonds. The van der Waals surface area contributed by atoms with Crippen molar-refractivity contribution in [2.45, 2.75) is 43.6 Å². The van der Waals surface area contributed by atoms with E-state index in [1.54, 1.807) is 0 Å². The summed E-state index contributed by atoms with van der Waals surface area (Å²) < 4.78 is 40.0. The van der Waals surface area contributed by atoms with Gasteiger partial charge in [-0.1, -0.05) is 12.1 Å². The molecular formula is C14H14F3NO2. The van der Waals surface area contributed by atoms with E-state index in [4.69, 9.17) is 0 Å². The highest BCUT2D eigenvalue weighted by molar-refractivity contribution is 5.37. The first-order valence-corrected chi connectivity index (χ1v) is 6.30. The Kier molecular flexibility index (Phi) is 3.91. The zero-order chi connectivity index (χ0) is 14.8. The Balaban J connectivity index is 2.18. The first-order valence-electron chi connectivity index (χ1n) is 6.30. The maximum atomic E-state index is 12.1. The van der Waals surface area contributed by atoms with Crippen molar-refractivity contribution < 1.29 is 23.0 Å². The van der Waals surface area contributed by atoms with Gasteiger partial charge in [0.2, 0.25) is 0 Å². The molecule has 0 heterocycles. The standard InChI is InChI=1S/C14H14F3NO2/c15-14(16,17)20-12-3-1-10(2-4-12)13(9-18)7-5-11(19)6-8-13/h1-4,11,19H,5-8H2. The molecule has 1 aliphatic carbocycles. The molecule has 3 nitrogen and oxygen atoms in total. The van der Waals surface area contributed by atoms with E-state index in [1.807, 2.05) is 0 Å². The average molecular weight is 285 g/mol. The number of rotatable bonds is 2. The highest BCUT2D eigenvalue weighted by atomic mass is 19.4. The summed E-state index contributed by atoms with van der Waals surface area (Å²) in [4.78, 5) is 0. The molecule has 1 saturated carbocycles. The van der Waals surface area contributed by atoms with Crippen LogP contribution in [-0.2, 0) is 5.41 Å². The normalized spacial score (nSPS) is 26.9. The molecule has 1 aliphatic rings. The quantitative estimate of drug-likeness (QED) is 0.907. The fourth-order valence-electron chi connectivity index (χ4n) is 2.54. The Morgan fingerprint density at radius 2 is 1.75 bits per heavy atom. The molecule has 0 spiro atoms. The Labute approximate surface area is 114 Å². The van der Waals surface area contributed by atoms with E-state index in [0.717, 1.165) is 0 Å². The minimum Gasteiger partial charge on any atom is -0.406 e. The summed E-state index contributed by atoms with van der Waals surface area (Å²) in [6.45, 7) is 0. The largest absolute Gasteiger partial charge is 0.573 e. The summed E-state index contributed by atoms with van der Waals surface area (Å²) >= 11 is 0. The third kappa shape index (κ3) is 3.23. The van der Waals surface area contributed by atoms with Gasteiger partial charge < -0.3 is 9.84 Å². The van der Waals surface area contributed by atoms with Gasteiger partial charge in [0.05, 0.1) is 17.6 Å². The van der Waals surface area contributed by atoms with Gasteiger partial charge in [-0.05, 0) is 43.4 Å². The summed E-state index contributed by atoms with van der Waals surface area (Å²) in [5, 5.41) is 18.9. The molecule has 1 aromatic carbocycles. The van der Waals surface area contributed by atoms with Crippen LogP contribution >= 0.6 is 0 Å². The highest BCUT2D eigenvalue weighted by Gasteiger charge is 2.37. The molecule has 0 bridgehead atoms. The SMILES string of the molecule is N#CC1(c2ccc(OC(F)(F)F)cc2)CCC(O)CC1. The Hall–Kier alpha value is -1.74. The Morgan fingerprint density at radius 3 is 2.20 bits per heavy atom. The van der Waals surface area contributed by atoms with Crippen molar-refractivity contribution in [1.29, 1.82) is 5.26 Å². The van der Waals surface area contributed by atoms with Crippen LogP contribution < -0.4 is 4.74 Å². The Bertz CT molecular complexity index is 497. The number of halogens is 3. The lowest BCUT2D eigenvalue weighted by molar-refractivity contribution is -0.274. The number of nitrogens with zero attached hydrogens (tertiary/aromatic N) is 1. The van der Waals surface area contributed by atoms with E-state index in [9.17, 15) is 23.5 Å². The van der Waals surface area contributed by atoms with Crippen molar-refractivity contribution in [3.63, 3.8) is 0 Å². The molecule has 0 atom stereocenters. The predicted molar refractivity (Wildman–Crippen MR) is 64.9 cm³/mol. The van der Waals surface area contributed by atoms with Gasteiger partial charge in [0.15, 0.2) is 0 Å². The van der Waals surface area contributed by atoms with E-state index in [2.05, 4.69) is 10.8 Å². The highest BCUT2D eigenvalue weighted by Crippen LogP contribution is 2.39. The van der Waals surface area contributed by atoms with Crippen LogP contribution in [0.25, 0.3) is 0 Å². The minimum atomic E-state index is -4.72. The number of aliphatic hydroxyl groups is 1. The third-order valence-corrected chi connectivity index (χ3v) is 3.66. The molecule has 0 aliphatic heterocycles. The molecule has 108 valence electrons. The summed E-state index contributed by atoms with van der Waals surface area (Å²) in [6.07, 6.45) is -3.07. The molecule has 0 aromatic heterocycles. The second-order valence-electron chi connectivity index (χ2n) is 5.00. The van der Waals surface area contributed by atoms with Crippen molar-refractivity contribution >= 4 is 0 Å². The third-order valence-electron chi connectivity index (χ3n) is 3.66. The van der Waals surface area contributed by atoms with Gasteiger partial charge in [0.25, 0.3) is 0 Å². The Morgan fingerprint density at radius 1 is 1.20 bits per heavy atom. The van der Waals surface area contributed by atoms with Gasteiger partial charge in [-0.15, -0.1) is 13.2 Å². The summed E-state index contributed by atoms with van der Waals surface area (Å²) in [7, 11) is 0. The van der Waals surface area contributed by atoms with Crippen molar-refractivity contribution in [3.8, 4) is 11.8 Å². The molecule has 0 radical (unpaired) electrons. The first-order chi connectivity index (χ1) is 9.35. The van der Waals surface area contributed by atoms with Crippen molar-refractivity contribution in [2.24, 2.45) is 0 Å². The fraction of sp³-hybridized carbons (Fsp3) is 0.500. The molecule has 2 rings (SSSR count). The molecule has 1 fully saturated rings. The van der Waals surface area contributed by atoms with Crippen LogP contribution in [0.1, 0.15) is 31.2 Å². The van der Waals surface area contributed by atoms with Crippen LogP contribution in [0.4, 0.5) is 13.2 Å². The zero-order valence-corrected chi connectivity index (χ0v) is 10.7. The summed E-state index contributed by atoms with van der Waals surface area (Å²) in [5.41, 5.74) is -0.0582.